The predicted octanol–water partition coefficient (Wildman–Crippen LogP) is 3.45. The molecule has 0 aromatic heterocycles. The van der Waals surface area contributed by atoms with Gasteiger partial charge in [0.05, 0.1) is 5.92 Å². The summed E-state index contributed by atoms with van der Waals surface area (Å²) in [6, 6.07) is 17.0. The molecular formula is C24H27N3O4. The molecule has 1 unspecified atom stereocenters. The minimum Gasteiger partial charge on any atom is -0.455 e. The van der Waals surface area contributed by atoms with Crippen LogP contribution in [0.2, 0.25) is 0 Å². The summed E-state index contributed by atoms with van der Waals surface area (Å²) >= 11 is 0. The molecule has 2 aromatic carbocycles. The van der Waals surface area contributed by atoms with Gasteiger partial charge in [-0.2, -0.15) is 0 Å². The number of likely N-dealkylation sites (tertiary alicyclic amines) is 1. The van der Waals surface area contributed by atoms with Gasteiger partial charge in [0.2, 0.25) is 0 Å². The molecule has 0 radical (unpaired) electrons. The second-order valence-electron chi connectivity index (χ2n) is 8.11. The van der Waals surface area contributed by atoms with Crippen LogP contribution in [0.3, 0.4) is 0 Å². The van der Waals surface area contributed by atoms with E-state index in [1.807, 2.05) is 61.5 Å². The monoisotopic (exact) mass is 421 g/mol. The first-order valence-corrected chi connectivity index (χ1v) is 10.7. The number of carbonyl (C=O) groups is 3. The average Bonchev–Trinajstić information content (AvgIpc) is 3.13. The van der Waals surface area contributed by atoms with Crippen LogP contribution in [0.15, 0.2) is 54.6 Å². The molecule has 4 rings (SSSR count). The van der Waals surface area contributed by atoms with E-state index in [1.165, 1.54) is 0 Å². The lowest BCUT2D eigenvalue weighted by molar-refractivity contribution is -0.153. The van der Waals surface area contributed by atoms with Gasteiger partial charge >= 0.3 is 12.0 Å². The molecule has 1 atom stereocenters. The summed E-state index contributed by atoms with van der Waals surface area (Å²) < 4.78 is 5.36. The molecule has 2 aliphatic heterocycles. The van der Waals surface area contributed by atoms with E-state index >= 15 is 0 Å². The number of carbonyl (C=O) groups excluding carboxylic acids is 3. The molecule has 31 heavy (non-hydrogen) atoms. The maximum absolute atomic E-state index is 12.7. The van der Waals surface area contributed by atoms with Crippen LogP contribution < -0.4 is 10.2 Å². The number of nitrogens with zero attached hydrogens (tertiary/aromatic N) is 2. The van der Waals surface area contributed by atoms with Crippen LogP contribution in [0.1, 0.15) is 25.3 Å². The molecule has 7 nitrogen and oxygen atoms in total. The van der Waals surface area contributed by atoms with E-state index in [1.54, 1.807) is 9.80 Å². The quantitative estimate of drug-likeness (QED) is 0.767. The Bertz CT molecular complexity index is 954. The van der Waals surface area contributed by atoms with E-state index in [2.05, 4.69) is 5.32 Å². The Morgan fingerprint density at radius 3 is 2.42 bits per heavy atom. The maximum Gasteiger partial charge on any atom is 0.321 e. The van der Waals surface area contributed by atoms with Crippen molar-refractivity contribution >= 4 is 29.3 Å². The van der Waals surface area contributed by atoms with E-state index in [9.17, 15) is 14.4 Å². The summed E-state index contributed by atoms with van der Waals surface area (Å²) in [5.41, 5.74) is 2.77. The van der Waals surface area contributed by atoms with Gasteiger partial charge in [-0.25, -0.2) is 4.79 Å². The smallest absolute Gasteiger partial charge is 0.321 e. The molecule has 0 saturated carbocycles. The van der Waals surface area contributed by atoms with Gasteiger partial charge < -0.3 is 19.9 Å². The zero-order chi connectivity index (χ0) is 21.8. The summed E-state index contributed by atoms with van der Waals surface area (Å²) in [7, 11) is 0. The van der Waals surface area contributed by atoms with Gasteiger partial charge in [0.1, 0.15) is 0 Å². The molecule has 3 amide bonds. The highest BCUT2D eigenvalue weighted by molar-refractivity contribution is 5.97. The van der Waals surface area contributed by atoms with Crippen LogP contribution in [0, 0.1) is 5.92 Å². The van der Waals surface area contributed by atoms with Crippen molar-refractivity contribution in [3.8, 4) is 0 Å². The summed E-state index contributed by atoms with van der Waals surface area (Å²) in [5.74, 6) is -0.862. The van der Waals surface area contributed by atoms with Crippen LogP contribution in [0.5, 0.6) is 0 Å². The van der Waals surface area contributed by atoms with Gasteiger partial charge in [0.15, 0.2) is 6.61 Å². The largest absolute Gasteiger partial charge is 0.455 e. The highest BCUT2D eigenvalue weighted by Gasteiger charge is 2.33. The summed E-state index contributed by atoms with van der Waals surface area (Å²) in [5, 5.41) is 2.86. The molecular weight excluding hydrogens is 394 g/mol. The SMILES string of the molecule is CC1Cc2ccccc2N1C(=O)COC(=O)C1CCN(C(=O)Nc2ccccc2)CC1. The molecule has 2 heterocycles. The standard InChI is InChI=1S/C24H27N3O4/c1-17-15-19-7-5-6-10-21(19)27(17)22(28)16-31-23(29)18-11-13-26(14-12-18)24(30)25-20-8-3-2-4-9-20/h2-10,17-18H,11-16H2,1H3,(H,25,30). The highest BCUT2D eigenvalue weighted by atomic mass is 16.5. The Kier molecular flexibility index (Phi) is 6.21. The van der Waals surface area contributed by atoms with Gasteiger partial charge in [-0.05, 0) is 49.9 Å². The lowest BCUT2D eigenvalue weighted by Gasteiger charge is -2.31. The highest BCUT2D eigenvalue weighted by Crippen LogP contribution is 2.31. The Labute approximate surface area is 182 Å². The fraction of sp³-hybridized carbons (Fsp3) is 0.375. The first-order valence-electron chi connectivity index (χ1n) is 10.7. The van der Waals surface area contributed by atoms with Gasteiger partial charge in [0, 0.05) is 30.5 Å². The van der Waals surface area contributed by atoms with Crippen molar-refractivity contribution in [2.75, 3.05) is 29.9 Å². The van der Waals surface area contributed by atoms with Crippen molar-refractivity contribution in [1.82, 2.24) is 4.90 Å². The van der Waals surface area contributed by atoms with Gasteiger partial charge in [-0.1, -0.05) is 36.4 Å². The molecule has 7 heteroatoms. The zero-order valence-corrected chi connectivity index (χ0v) is 17.6. The van der Waals surface area contributed by atoms with Crippen molar-refractivity contribution < 1.29 is 19.1 Å². The summed E-state index contributed by atoms with van der Waals surface area (Å²) in [4.78, 5) is 41.0. The number of piperidine rings is 1. The third-order valence-corrected chi connectivity index (χ3v) is 5.95. The third-order valence-electron chi connectivity index (χ3n) is 5.95. The molecule has 0 aliphatic carbocycles. The lowest BCUT2D eigenvalue weighted by atomic mass is 9.97. The fourth-order valence-electron chi connectivity index (χ4n) is 4.31. The molecule has 0 bridgehead atoms. The Hall–Kier alpha value is -3.35. The van der Waals surface area contributed by atoms with Crippen molar-refractivity contribution in [3.05, 3.63) is 60.2 Å². The van der Waals surface area contributed by atoms with E-state index in [0.29, 0.717) is 25.9 Å². The number of benzene rings is 2. The topological polar surface area (TPSA) is 79.0 Å². The second-order valence-corrected chi connectivity index (χ2v) is 8.11. The molecule has 2 aliphatic rings. The average molecular weight is 421 g/mol. The number of anilines is 2. The van der Waals surface area contributed by atoms with Crippen LogP contribution in [0.4, 0.5) is 16.2 Å². The number of rotatable bonds is 4. The Morgan fingerprint density at radius 1 is 1.00 bits per heavy atom. The predicted molar refractivity (Wildman–Crippen MR) is 118 cm³/mol. The van der Waals surface area contributed by atoms with E-state index < -0.39 is 0 Å². The number of ether oxygens (including phenoxy) is 1. The molecule has 1 saturated heterocycles. The minimum atomic E-state index is -0.364. The maximum atomic E-state index is 12.7. The number of amides is 3. The van der Waals surface area contributed by atoms with E-state index in [4.69, 9.17) is 4.74 Å². The molecule has 2 aromatic rings. The van der Waals surface area contributed by atoms with Crippen LogP contribution >= 0.6 is 0 Å². The number of hydrogen-bond donors (Lipinski definition) is 1. The number of para-hydroxylation sites is 2. The summed E-state index contributed by atoms with van der Waals surface area (Å²) in [6.07, 6.45) is 1.86. The van der Waals surface area contributed by atoms with Crippen LogP contribution in [-0.4, -0.2) is 48.5 Å². The molecule has 0 spiro atoms. The number of nitrogens with one attached hydrogen (secondary N) is 1. The van der Waals surface area contributed by atoms with Crippen molar-refractivity contribution in [3.63, 3.8) is 0 Å². The number of urea groups is 1. The lowest BCUT2D eigenvalue weighted by Crippen LogP contribution is -2.43. The third kappa shape index (κ3) is 4.71. The zero-order valence-electron chi connectivity index (χ0n) is 17.6. The second kappa shape index (κ2) is 9.20. The van der Waals surface area contributed by atoms with Gasteiger partial charge in [0.25, 0.3) is 5.91 Å². The minimum absolute atomic E-state index is 0.0509. The van der Waals surface area contributed by atoms with E-state index in [-0.39, 0.29) is 36.5 Å². The Balaban J connectivity index is 1.24. The van der Waals surface area contributed by atoms with Gasteiger partial charge in [-0.3, -0.25) is 9.59 Å². The van der Waals surface area contributed by atoms with Crippen LogP contribution in [0.25, 0.3) is 0 Å². The molecule has 1 fully saturated rings. The van der Waals surface area contributed by atoms with Crippen molar-refractivity contribution in [2.24, 2.45) is 5.92 Å². The van der Waals surface area contributed by atoms with Crippen LogP contribution in [-0.2, 0) is 20.7 Å². The molecule has 162 valence electrons. The number of fused-ring (bicyclic) bond motifs is 1. The first kappa shape index (κ1) is 20.9. The number of esters is 1. The van der Waals surface area contributed by atoms with E-state index in [0.717, 1.165) is 23.4 Å². The first-order chi connectivity index (χ1) is 15.0. The number of hydrogen-bond acceptors (Lipinski definition) is 4. The van der Waals surface area contributed by atoms with Crippen molar-refractivity contribution in [1.29, 1.82) is 0 Å². The van der Waals surface area contributed by atoms with Gasteiger partial charge in [-0.15, -0.1) is 0 Å². The van der Waals surface area contributed by atoms with Crippen molar-refractivity contribution in [2.45, 2.75) is 32.2 Å². The fourth-order valence-corrected chi connectivity index (χ4v) is 4.31. The molecule has 1 N–H and O–H groups in total. The normalized spacial score (nSPS) is 18.4. The summed E-state index contributed by atoms with van der Waals surface area (Å²) in [6.45, 7) is 2.69. The Morgan fingerprint density at radius 2 is 1.68 bits per heavy atom.